The lowest BCUT2D eigenvalue weighted by Gasteiger charge is -2.28. The van der Waals surface area contributed by atoms with Crippen molar-refractivity contribution in [1.82, 2.24) is 0 Å². The van der Waals surface area contributed by atoms with Crippen LogP contribution in [0.4, 0.5) is 20.2 Å². The van der Waals surface area contributed by atoms with Crippen molar-refractivity contribution in [1.29, 1.82) is 0 Å². The van der Waals surface area contributed by atoms with Gasteiger partial charge in [-0.1, -0.05) is 27.7 Å². The molecular formula is C17H28F2N2. The van der Waals surface area contributed by atoms with Gasteiger partial charge < -0.3 is 10.6 Å². The van der Waals surface area contributed by atoms with Crippen molar-refractivity contribution >= 4 is 11.4 Å². The normalized spacial score (nSPS) is 11.7. The van der Waals surface area contributed by atoms with Gasteiger partial charge in [0, 0.05) is 30.0 Å². The average Bonchev–Trinajstić information content (AvgIpc) is 2.38. The molecule has 21 heavy (non-hydrogen) atoms. The third-order valence-corrected chi connectivity index (χ3v) is 3.58. The third kappa shape index (κ3) is 5.90. The molecule has 0 aromatic heterocycles. The highest BCUT2D eigenvalue weighted by Crippen LogP contribution is 2.32. The van der Waals surface area contributed by atoms with Crippen molar-refractivity contribution in [2.45, 2.75) is 47.0 Å². The maximum atomic E-state index is 13.3. The van der Waals surface area contributed by atoms with E-state index in [0.29, 0.717) is 23.2 Å². The summed E-state index contributed by atoms with van der Waals surface area (Å²) < 4.78 is 26.6. The molecule has 0 radical (unpaired) electrons. The molecule has 0 aliphatic rings. The van der Waals surface area contributed by atoms with Crippen molar-refractivity contribution in [3.8, 4) is 0 Å². The van der Waals surface area contributed by atoms with E-state index in [4.69, 9.17) is 5.73 Å². The molecule has 0 aliphatic heterocycles. The lowest BCUT2D eigenvalue weighted by Crippen LogP contribution is -2.28. The number of nitrogens with zero attached hydrogens (tertiary/aromatic N) is 1. The zero-order chi connectivity index (χ0) is 16.0. The molecule has 4 heteroatoms. The summed E-state index contributed by atoms with van der Waals surface area (Å²) in [5, 5.41) is 0. The number of rotatable bonds is 8. The summed E-state index contributed by atoms with van der Waals surface area (Å²) in [5.41, 5.74) is 6.72. The van der Waals surface area contributed by atoms with Crippen LogP contribution in [-0.4, -0.2) is 13.1 Å². The maximum Gasteiger partial charge on any atom is 0.265 e. The van der Waals surface area contributed by atoms with E-state index in [0.717, 1.165) is 25.9 Å². The SMILES string of the molecule is CC(C)CCN(CCC(C)C)c1ccc(N)cc1C(F)F. The van der Waals surface area contributed by atoms with Crippen LogP contribution in [0.2, 0.25) is 0 Å². The topological polar surface area (TPSA) is 29.3 Å². The van der Waals surface area contributed by atoms with Crippen molar-refractivity contribution < 1.29 is 8.78 Å². The second kappa shape index (κ2) is 8.20. The number of alkyl halides is 2. The Hall–Kier alpha value is -1.32. The summed E-state index contributed by atoms with van der Waals surface area (Å²) in [6, 6.07) is 4.84. The Kier molecular flexibility index (Phi) is 6.93. The third-order valence-electron chi connectivity index (χ3n) is 3.58. The summed E-state index contributed by atoms with van der Waals surface area (Å²) in [5.74, 6) is 1.10. The summed E-state index contributed by atoms with van der Waals surface area (Å²) in [4.78, 5) is 2.08. The minimum Gasteiger partial charge on any atom is -0.399 e. The molecule has 0 spiro atoms. The van der Waals surface area contributed by atoms with E-state index in [2.05, 4.69) is 32.6 Å². The van der Waals surface area contributed by atoms with E-state index < -0.39 is 6.43 Å². The Morgan fingerprint density at radius 3 is 1.95 bits per heavy atom. The highest BCUT2D eigenvalue weighted by atomic mass is 19.3. The van der Waals surface area contributed by atoms with Gasteiger partial charge in [-0.2, -0.15) is 0 Å². The van der Waals surface area contributed by atoms with Gasteiger partial charge in [0.2, 0.25) is 0 Å². The predicted octanol–water partition coefficient (Wildman–Crippen LogP) is 5.11. The fourth-order valence-corrected chi connectivity index (χ4v) is 2.22. The minimum absolute atomic E-state index is 0.0440. The van der Waals surface area contributed by atoms with Crippen LogP contribution in [0.15, 0.2) is 18.2 Å². The second-order valence-corrected chi connectivity index (χ2v) is 6.47. The molecule has 2 nitrogen and oxygen atoms in total. The summed E-state index contributed by atoms with van der Waals surface area (Å²) in [6.45, 7) is 10.2. The lowest BCUT2D eigenvalue weighted by molar-refractivity contribution is 0.152. The fraction of sp³-hybridized carbons (Fsp3) is 0.647. The molecule has 120 valence electrons. The molecule has 0 fully saturated rings. The van der Waals surface area contributed by atoms with Crippen LogP contribution in [-0.2, 0) is 0 Å². The molecule has 0 atom stereocenters. The first-order valence-corrected chi connectivity index (χ1v) is 7.73. The molecule has 2 N–H and O–H groups in total. The maximum absolute atomic E-state index is 13.3. The van der Waals surface area contributed by atoms with Crippen LogP contribution in [0.3, 0.4) is 0 Å². The van der Waals surface area contributed by atoms with Gasteiger partial charge in [-0.05, 0) is 42.9 Å². The van der Waals surface area contributed by atoms with Crippen LogP contribution in [0.25, 0.3) is 0 Å². The molecule has 1 rings (SSSR count). The molecule has 0 heterocycles. The van der Waals surface area contributed by atoms with Gasteiger partial charge in [0.1, 0.15) is 0 Å². The van der Waals surface area contributed by atoms with Crippen LogP contribution in [0.1, 0.15) is 52.5 Å². The number of benzene rings is 1. The zero-order valence-corrected chi connectivity index (χ0v) is 13.6. The summed E-state index contributed by atoms with van der Waals surface area (Å²) >= 11 is 0. The largest absolute Gasteiger partial charge is 0.399 e. The van der Waals surface area contributed by atoms with Crippen molar-refractivity contribution in [3.63, 3.8) is 0 Å². The van der Waals surface area contributed by atoms with Gasteiger partial charge in [-0.3, -0.25) is 0 Å². The van der Waals surface area contributed by atoms with Gasteiger partial charge in [0.25, 0.3) is 6.43 Å². The van der Waals surface area contributed by atoms with Gasteiger partial charge in [0.05, 0.1) is 0 Å². The molecule has 0 aliphatic carbocycles. The molecule has 0 bridgehead atoms. The van der Waals surface area contributed by atoms with E-state index in [1.165, 1.54) is 6.07 Å². The number of hydrogen-bond acceptors (Lipinski definition) is 2. The zero-order valence-electron chi connectivity index (χ0n) is 13.6. The van der Waals surface area contributed by atoms with Gasteiger partial charge in [-0.15, -0.1) is 0 Å². The minimum atomic E-state index is -2.50. The Bertz CT molecular complexity index is 419. The molecule has 1 aromatic carbocycles. The monoisotopic (exact) mass is 298 g/mol. The van der Waals surface area contributed by atoms with Crippen molar-refractivity contribution in [3.05, 3.63) is 23.8 Å². The first kappa shape index (κ1) is 17.7. The van der Waals surface area contributed by atoms with Gasteiger partial charge in [-0.25, -0.2) is 8.78 Å². The van der Waals surface area contributed by atoms with Gasteiger partial charge in [0.15, 0.2) is 0 Å². The fourth-order valence-electron chi connectivity index (χ4n) is 2.22. The Morgan fingerprint density at radius 1 is 1.00 bits per heavy atom. The molecule has 0 unspecified atom stereocenters. The van der Waals surface area contributed by atoms with Crippen LogP contribution in [0, 0.1) is 11.8 Å². The quantitative estimate of drug-likeness (QED) is 0.676. The average molecular weight is 298 g/mol. The number of nitrogens with two attached hydrogens (primary N) is 1. The first-order chi connectivity index (χ1) is 9.81. The summed E-state index contributed by atoms with van der Waals surface area (Å²) in [6.07, 6.45) is -0.514. The predicted molar refractivity (Wildman–Crippen MR) is 86.9 cm³/mol. The van der Waals surface area contributed by atoms with Crippen molar-refractivity contribution in [2.75, 3.05) is 23.7 Å². The van der Waals surface area contributed by atoms with E-state index in [1.807, 2.05) is 0 Å². The highest BCUT2D eigenvalue weighted by molar-refractivity contribution is 5.60. The first-order valence-electron chi connectivity index (χ1n) is 7.73. The van der Waals surface area contributed by atoms with E-state index >= 15 is 0 Å². The molecule has 1 aromatic rings. The second-order valence-electron chi connectivity index (χ2n) is 6.47. The Labute approximate surface area is 127 Å². The van der Waals surface area contributed by atoms with E-state index in [1.54, 1.807) is 12.1 Å². The van der Waals surface area contributed by atoms with Crippen LogP contribution >= 0.6 is 0 Å². The van der Waals surface area contributed by atoms with Crippen LogP contribution in [0.5, 0.6) is 0 Å². The highest BCUT2D eigenvalue weighted by Gasteiger charge is 2.18. The van der Waals surface area contributed by atoms with Crippen LogP contribution < -0.4 is 10.6 Å². The molecule has 0 amide bonds. The van der Waals surface area contributed by atoms with Crippen molar-refractivity contribution in [2.24, 2.45) is 11.8 Å². The molecule has 0 saturated heterocycles. The standard InChI is InChI=1S/C17H28F2N2/c1-12(2)7-9-21(10-8-13(3)4)16-6-5-14(20)11-15(16)17(18)19/h5-6,11-13,17H,7-10,20H2,1-4H3. The Balaban J connectivity index is 3.00. The number of anilines is 2. The number of halogens is 2. The van der Waals surface area contributed by atoms with E-state index in [-0.39, 0.29) is 5.56 Å². The van der Waals surface area contributed by atoms with Gasteiger partial charge >= 0.3 is 0 Å². The number of hydrogen-bond donors (Lipinski definition) is 1. The summed E-state index contributed by atoms with van der Waals surface area (Å²) in [7, 11) is 0. The number of nitrogen functional groups attached to an aromatic ring is 1. The smallest absolute Gasteiger partial charge is 0.265 e. The Morgan fingerprint density at radius 2 is 1.52 bits per heavy atom. The molecule has 0 saturated carbocycles. The molecular weight excluding hydrogens is 270 g/mol. The lowest BCUT2D eigenvalue weighted by atomic mass is 10.1. The van der Waals surface area contributed by atoms with E-state index in [9.17, 15) is 8.78 Å².